The number of allylic oxidation sites excluding steroid dienone is 1. The van der Waals surface area contributed by atoms with E-state index in [9.17, 15) is 4.79 Å². The minimum atomic E-state index is -0.105. The molecule has 5 nitrogen and oxygen atoms in total. The van der Waals surface area contributed by atoms with Crippen LogP contribution in [-0.2, 0) is 13.1 Å². The van der Waals surface area contributed by atoms with Gasteiger partial charge in [0, 0.05) is 23.5 Å². The van der Waals surface area contributed by atoms with Gasteiger partial charge in [-0.15, -0.1) is 11.3 Å². The second kappa shape index (κ2) is 7.63. The third-order valence-electron chi connectivity index (χ3n) is 5.37. The molecule has 3 heterocycles. The molecule has 2 aliphatic heterocycles. The molecular weight excluding hydrogens is 398 g/mol. The van der Waals surface area contributed by atoms with Crippen molar-refractivity contribution in [3.8, 4) is 17.2 Å². The Morgan fingerprint density at radius 1 is 1.23 bits per heavy atom. The topological polar surface area (TPSA) is 48.0 Å². The van der Waals surface area contributed by atoms with Gasteiger partial charge in [0.2, 0.25) is 5.78 Å². The van der Waals surface area contributed by atoms with Crippen LogP contribution >= 0.6 is 11.3 Å². The predicted octanol–water partition coefficient (Wildman–Crippen LogP) is 5.03. The molecule has 5 rings (SSSR count). The normalized spacial score (nSPS) is 16.7. The number of aryl methyl sites for hydroxylation is 1. The van der Waals surface area contributed by atoms with E-state index in [1.165, 1.54) is 4.88 Å². The number of thiophene rings is 1. The smallest absolute Gasteiger partial charge is 0.232 e. The lowest BCUT2D eigenvalue weighted by molar-refractivity contribution is 0.0881. The average Bonchev–Trinajstić information content (AvgIpc) is 3.37. The highest BCUT2D eigenvalue weighted by Crippen LogP contribution is 2.44. The summed E-state index contributed by atoms with van der Waals surface area (Å²) >= 11 is 1.73. The number of ketones is 1. The zero-order valence-corrected chi connectivity index (χ0v) is 17.6. The second-order valence-corrected chi connectivity index (χ2v) is 8.43. The zero-order chi connectivity index (χ0) is 20.7. The molecule has 3 aromatic rings. The summed E-state index contributed by atoms with van der Waals surface area (Å²) in [7, 11) is 1.61. The number of hydrogen-bond acceptors (Lipinski definition) is 6. The van der Waals surface area contributed by atoms with Crippen molar-refractivity contribution < 1.29 is 19.0 Å². The van der Waals surface area contributed by atoms with Gasteiger partial charge in [-0.25, -0.2) is 0 Å². The summed E-state index contributed by atoms with van der Waals surface area (Å²) < 4.78 is 17.6. The quantitative estimate of drug-likeness (QED) is 0.555. The molecular formula is C24H21NO4S. The Morgan fingerprint density at radius 2 is 2.10 bits per heavy atom. The van der Waals surface area contributed by atoms with Gasteiger partial charge in [-0.1, -0.05) is 24.3 Å². The van der Waals surface area contributed by atoms with Crippen LogP contribution in [0.3, 0.4) is 0 Å². The number of methoxy groups -OCH3 is 1. The SMILES string of the molecule is COc1ccccc1/C=C1\Oc2c3c(cc(C)c2C1=O)OCN(Cc1cccs1)C3. The van der Waals surface area contributed by atoms with Gasteiger partial charge in [-0.05, 0) is 42.1 Å². The maximum atomic E-state index is 13.2. The van der Waals surface area contributed by atoms with Crippen molar-refractivity contribution in [1.82, 2.24) is 4.90 Å². The van der Waals surface area contributed by atoms with E-state index in [0.717, 1.165) is 29.0 Å². The molecule has 0 radical (unpaired) electrons. The summed E-state index contributed by atoms with van der Waals surface area (Å²) in [6.45, 7) is 3.91. The van der Waals surface area contributed by atoms with Crippen molar-refractivity contribution in [2.24, 2.45) is 0 Å². The monoisotopic (exact) mass is 419 g/mol. The lowest BCUT2D eigenvalue weighted by Gasteiger charge is -2.29. The van der Waals surface area contributed by atoms with Gasteiger partial charge in [-0.2, -0.15) is 0 Å². The third kappa shape index (κ3) is 3.28. The summed E-state index contributed by atoms with van der Waals surface area (Å²) in [5.74, 6) is 2.31. The maximum Gasteiger partial charge on any atom is 0.232 e. The molecule has 0 unspecified atom stereocenters. The first-order valence-electron chi connectivity index (χ1n) is 9.75. The molecule has 0 atom stereocenters. The Balaban J connectivity index is 1.50. The Bertz CT molecular complexity index is 1150. The Kier molecular flexibility index (Phi) is 4.81. The van der Waals surface area contributed by atoms with E-state index in [-0.39, 0.29) is 5.78 Å². The first-order chi connectivity index (χ1) is 14.6. The van der Waals surface area contributed by atoms with Crippen molar-refractivity contribution in [3.63, 3.8) is 0 Å². The summed E-state index contributed by atoms with van der Waals surface area (Å²) in [5.41, 5.74) is 3.22. The summed E-state index contributed by atoms with van der Waals surface area (Å²) in [6, 6.07) is 13.7. The zero-order valence-electron chi connectivity index (χ0n) is 16.8. The van der Waals surface area contributed by atoms with Crippen LogP contribution in [0.25, 0.3) is 6.08 Å². The molecule has 0 bridgehead atoms. The fourth-order valence-electron chi connectivity index (χ4n) is 3.93. The van der Waals surface area contributed by atoms with Crippen LogP contribution in [0, 0.1) is 6.92 Å². The summed E-state index contributed by atoms with van der Waals surface area (Å²) in [4.78, 5) is 16.6. The van der Waals surface area contributed by atoms with E-state index in [1.807, 2.05) is 37.3 Å². The van der Waals surface area contributed by atoms with Gasteiger partial charge in [0.05, 0.1) is 18.2 Å². The molecule has 0 spiro atoms. The average molecular weight is 420 g/mol. The van der Waals surface area contributed by atoms with E-state index < -0.39 is 0 Å². The number of para-hydroxylation sites is 1. The molecule has 0 amide bonds. The van der Waals surface area contributed by atoms with Crippen LogP contribution in [0.15, 0.2) is 53.6 Å². The van der Waals surface area contributed by atoms with Gasteiger partial charge in [0.25, 0.3) is 0 Å². The maximum absolute atomic E-state index is 13.2. The first kappa shape index (κ1) is 18.9. The molecule has 2 aromatic carbocycles. The number of ether oxygens (including phenoxy) is 3. The number of fused-ring (bicyclic) bond motifs is 3. The molecule has 2 aliphatic rings. The number of Topliss-reactive ketones (excluding diaryl/α,β-unsaturated/α-hetero) is 1. The predicted molar refractivity (Wildman–Crippen MR) is 116 cm³/mol. The molecule has 0 saturated heterocycles. The third-order valence-corrected chi connectivity index (χ3v) is 6.23. The molecule has 1 aromatic heterocycles. The highest BCUT2D eigenvalue weighted by molar-refractivity contribution is 7.09. The van der Waals surface area contributed by atoms with Gasteiger partial charge >= 0.3 is 0 Å². The lowest BCUT2D eigenvalue weighted by atomic mass is 9.98. The molecule has 152 valence electrons. The van der Waals surface area contributed by atoms with E-state index in [0.29, 0.717) is 36.1 Å². The first-order valence-corrected chi connectivity index (χ1v) is 10.6. The fraction of sp³-hybridized carbons (Fsp3) is 0.208. The number of carbonyl (C=O) groups excluding carboxylic acids is 1. The fourth-order valence-corrected chi connectivity index (χ4v) is 4.67. The number of carbonyl (C=O) groups is 1. The number of rotatable bonds is 4. The summed E-state index contributed by atoms with van der Waals surface area (Å²) in [6.07, 6.45) is 1.75. The number of benzene rings is 2. The number of nitrogens with zero attached hydrogens (tertiary/aromatic N) is 1. The molecule has 6 heteroatoms. The van der Waals surface area contributed by atoms with Crippen molar-refractivity contribution >= 4 is 23.2 Å². The van der Waals surface area contributed by atoms with Crippen LogP contribution in [0.4, 0.5) is 0 Å². The Hall–Kier alpha value is -3.09. The van der Waals surface area contributed by atoms with E-state index in [2.05, 4.69) is 22.4 Å². The van der Waals surface area contributed by atoms with Gasteiger partial charge in [0.15, 0.2) is 5.76 Å². The Morgan fingerprint density at radius 3 is 2.90 bits per heavy atom. The van der Waals surface area contributed by atoms with Gasteiger partial charge < -0.3 is 14.2 Å². The van der Waals surface area contributed by atoms with Gasteiger partial charge in [0.1, 0.15) is 24.0 Å². The highest BCUT2D eigenvalue weighted by Gasteiger charge is 2.35. The van der Waals surface area contributed by atoms with Crippen molar-refractivity contribution in [1.29, 1.82) is 0 Å². The standard InChI is InChI=1S/C24H21NO4S/c1-15-10-20-18(13-25(14-28-20)12-17-7-5-9-30-17)24-22(15)23(26)21(29-24)11-16-6-3-4-8-19(16)27-2/h3-11H,12-14H2,1-2H3/b21-11-. The van der Waals surface area contributed by atoms with Gasteiger partial charge in [-0.3, -0.25) is 9.69 Å². The van der Waals surface area contributed by atoms with E-state index >= 15 is 0 Å². The molecule has 0 fully saturated rings. The molecule has 0 saturated carbocycles. The van der Waals surface area contributed by atoms with Crippen LogP contribution in [0.2, 0.25) is 0 Å². The molecule has 30 heavy (non-hydrogen) atoms. The lowest BCUT2D eigenvalue weighted by Crippen LogP contribution is -2.31. The Labute approximate surface area is 179 Å². The van der Waals surface area contributed by atoms with E-state index in [1.54, 1.807) is 24.5 Å². The summed E-state index contributed by atoms with van der Waals surface area (Å²) in [5, 5.41) is 2.08. The van der Waals surface area contributed by atoms with Crippen LogP contribution in [0.5, 0.6) is 17.2 Å². The minimum absolute atomic E-state index is 0.105. The molecule has 0 N–H and O–H groups in total. The largest absolute Gasteiger partial charge is 0.496 e. The van der Waals surface area contributed by atoms with E-state index in [4.69, 9.17) is 14.2 Å². The van der Waals surface area contributed by atoms with Crippen molar-refractivity contribution in [2.45, 2.75) is 20.0 Å². The number of hydrogen-bond donors (Lipinski definition) is 0. The van der Waals surface area contributed by atoms with Crippen LogP contribution in [0.1, 0.15) is 31.9 Å². The molecule has 0 aliphatic carbocycles. The van der Waals surface area contributed by atoms with Crippen LogP contribution < -0.4 is 14.2 Å². The highest BCUT2D eigenvalue weighted by atomic mass is 32.1. The second-order valence-electron chi connectivity index (χ2n) is 7.40. The van der Waals surface area contributed by atoms with Crippen LogP contribution in [-0.4, -0.2) is 24.5 Å². The van der Waals surface area contributed by atoms with Crippen molar-refractivity contribution in [2.75, 3.05) is 13.8 Å². The van der Waals surface area contributed by atoms with Crippen molar-refractivity contribution in [3.05, 3.63) is 80.7 Å². The minimum Gasteiger partial charge on any atom is -0.496 e.